The molecule has 4 rings (SSSR count). The average molecular weight is 353 g/mol. The van der Waals surface area contributed by atoms with Crippen LogP contribution in [0.3, 0.4) is 0 Å². The fourth-order valence-electron chi connectivity index (χ4n) is 3.79. The number of hydrogen-bond donors (Lipinski definition) is 1. The van der Waals surface area contributed by atoms with Gasteiger partial charge in [-0.05, 0) is 57.3 Å². The summed E-state index contributed by atoms with van der Waals surface area (Å²) in [5.41, 5.74) is 6.32. The van der Waals surface area contributed by atoms with Gasteiger partial charge in [0.25, 0.3) is 0 Å². The Morgan fingerprint density at radius 2 is 1.85 bits per heavy atom. The molecule has 3 aromatic carbocycles. The molecule has 0 unspecified atom stereocenters. The van der Waals surface area contributed by atoms with Crippen molar-refractivity contribution in [3.63, 3.8) is 0 Å². The smallest absolute Gasteiger partial charge is 0.127 e. The van der Waals surface area contributed by atoms with Crippen LogP contribution in [0, 0.1) is 11.3 Å². The highest BCUT2D eigenvalue weighted by molar-refractivity contribution is 5.86. The maximum absolute atomic E-state index is 9.97. The van der Waals surface area contributed by atoms with Gasteiger partial charge in [-0.1, -0.05) is 43.0 Å². The van der Waals surface area contributed by atoms with Crippen LogP contribution in [0.4, 0.5) is 0 Å². The van der Waals surface area contributed by atoms with E-state index >= 15 is 0 Å². The summed E-state index contributed by atoms with van der Waals surface area (Å²) in [6, 6.07) is 19.8. The van der Waals surface area contributed by atoms with Crippen LogP contribution in [-0.2, 0) is 12.8 Å². The zero-order valence-electron chi connectivity index (χ0n) is 15.1. The molecule has 0 bridgehead atoms. The molecule has 0 fully saturated rings. The topological polar surface area (TPSA) is 53.2 Å². The van der Waals surface area contributed by atoms with Crippen LogP contribution in [0.2, 0.25) is 0 Å². The Balaban J connectivity index is 2.07. The molecule has 0 heterocycles. The lowest BCUT2D eigenvalue weighted by Crippen LogP contribution is -2.23. The number of phenolic OH excluding ortho intramolecular Hbond substituents is 1. The molecule has 0 amide bonds. The van der Waals surface area contributed by atoms with Crippen molar-refractivity contribution in [2.75, 3.05) is 7.11 Å². The van der Waals surface area contributed by atoms with Crippen LogP contribution in [0.1, 0.15) is 27.8 Å². The van der Waals surface area contributed by atoms with Gasteiger partial charge in [-0.2, -0.15) is 5.26 Å². The van der Waals surface area contributed by atoms with Gasteiger partial charge < -0.3 is 9.84 Å². The Hall–Kier alpha value is -3.51. The van der Waals surface area contributed by atoms with E-state index in [1.807, 2.05) is 36.4 Å². The predicted octanol–water partition coefficient (Wildman–Crippen LogP) is 3.03. The number of benzene rings is 3. The molecule has 0 aliphatic heterocycles. The number of fused-ring (bicyclic) bond motifs is 2. The van der Waals surface area contributed by atoms with Crippen molar-refractivity contribution in [2.45, 2.75) is 12.8 Å². The van der Waals surface area contributed by atoms with Crippen LogP contribution in [-0.4, -0.2) is 12.2 Å². The van der Waals surface area contributed by atoms with Gasteiger partial charge >= 0.3 is 0 Å². The number of aromatic hydroxyl groups is 1. The minimum atomic E-state index is 0.263. The first-order valence-electron chi connectivity index (χ1n) is 8.79. The van der Waals surface area contributed by atoms with E-state index in [0.717, 1.165) is 50.4 Å². The van der Waals surface area contributed by atoms with Crippen molar-refractivity contribution < 1.29 is 9.84 Å². The molecule has 1 aliphatic rings. The zero-order valence-corrected chi connectivity index (χ0v) is 15.1. The summed E-state index contributed by atoms with van der Waals surface area (Å²) < 4.78 is 5.67. The summed E-state index contributed by atoms with van der Waals surface area (Å²) in [5, 5.41) is 21.1. The Labute approximate surface area is 158 Å². The zero-order chi connectivity index (χ0) is 19.0. The molecular formula is C24H19NO2. The van der Waals surface area contributed by atoms with E-state index in [4.69, 9.17) is 10.00 Å². The monoisotopic (exact) mass is 353 g/mol. The highest BCUT2D eigenvalue weighted by atomic mass is 16.5. The molecule has 0 saturated heterocycles. The van der Waals surface area contributed by atoms with Crippen LogP contribution in [0.25, 0.3) is 12.2 Å². The molecule has 27 heavy (non-hydrogen) atoms. The number of nitrogens with zero attached hydrogens (tertiary/aromatic N) is 1. The molecule has 1 N–H and O–H groups in total. The van der Waals surface area contributed by atoms with Gasteiger partial charge in [-0.25, -0.2) is 0 Å². The third kappa shape index (κ3) is 2.96. The van der Waals surface area contributed by atoms with Gasteiger partial charge in [-0.3, -0.25) is 0 Å². The Bertz CT molecular complexity index is 1200. The summed E-state index contributed by atoms with van der Waals surface area (Å²) in [5.74, 6) is 1.00. The quantitative estimate of drug-likeness (QED) is 0.616. The predicted molar refractivity (Wildman–Crippen MR) is 106 cm³/mol. The molecule has 3 nitrogen and oxygen atoms in total. The Morgan fingerprint density at radius 1 is 1.04 bits per heavy atom. The summed E-state index contributed by atoms with van der Waals surface area (Å²) in [6.45, 7) is 4.05. The van der Waals surface area contributed by atoms with E-state index in [2.05, 4.69) is 24.8 Å². The van der Waals surface area contributed by atoms with Gasteiger partial charge in [0.15, 0.2) is 0 Å². The number of rotatable bonds is 3. The molecule has 0 spiro atoms. The SMILES string of the molecule is C=c1ccc2c(c1)Cc1cc(O)ccc1C=2c1ccc(CC#N)cc1OC. The van der Waals surface area contributed by atoms with Crippen molar-refractivity contribution >= 4 is 12.2 Å². The Kier molecular flexibility index (Phi) is 4.18. The molecule has 0 radical (unpaired) electrons. The lowest BCUT2D eigenvalue weighted by Gasteiger charge is -2.22. The van der Waals surface area contributed by atoms with Crippen molar-refractivity contribution in [2.24, 2.45) is 0 Å². The molecule has 0 atom stereocenters. The fraction of sp³-hybridized carbons (Fsp3) is 0.125. The normalized spacial score (nSPS) is 12.1. The first kappa shape index (κ1) is 16.9. The highest BCUT2D eigenvalue weighted by Crippen LogP contribution is 2.35. The van der Waals surface area contributed by atoms with Gasteiger partial charge in [0.05, 0.1) is 19.6 Å². The van der Waals surface area contributed by atoms with E-state index in [1.165, 1.54) is 5.56 Å². The molecule has 132 valence electrons. The molecule has 1 aliphatic carbocycles. The molecule has 0 saturated carbocycles. The number of phenols is 1. The summed E-state index contributed by atoms with van der Waals surface area (Å²) in [4.78, 5) is 0. The average Bonchev–Trinajstić information content (AvgIpc) is 2.66. The summed E-state index contributed by atoms with van der Waals surface area (Å²) in [7, 11) is 1.65. The fourth-order valence-corrected chi connectivity index (χ4v) is 3.79. The van der Waals surface area contributed by atoms with E-state index in [-0.39, 0.29) is 5.75 Å². The van der Waals surface area contributed by atoms with Crippen LogP contribution >= 0.6 is 0 Å². The van der Waals surface area contributed by atoms with E-state index in [0.29, 0.717) is 6.42 Å². The molecule has 3 heteroatoms. The standard InChI is InChI=1S/C24H19NO2/c1-15-3-6-20-17(11-15)13-18-14-19(26)5-8-21(18)24(20)22-7-4-16(9-10-25)12-23(22)27-2/h3-8,11-12,14,26H,1,9,13H2,2H3. The van der Waals surface area contributed by atoms with Gasteiger partial charge in [0.1, 0.15) is 11.5 Å². The summed E-state index contributed by atoms with van der Waals surface area (Å²) >= 11 is 0. The number of hydrogen-bond acceptors (Lipinski definition) is 3. The third-order valence-corrected chi connectivity index (χ3v) is 5.00. The minimum absolute atomic E-state index is 0.263. The number of nitriles is 1. The molecule has 3 aromatic rings. The van der Waals surface area contributed by atoms with Crippen molar-refractivity contribution in [1.29, 1.82) is 5.26 Å². The lowest BCUT2D eigenvalue weighted by molar-refractivity contribution is 0.413. The first-order chi connectivity index (χ1) is 13.1. The maximum atomic E-state index is 9.97. The largest absolute Gasteiger partial charge is 0.508 e. The van der Waals surface area contributed by atoms with Crippen LogP contribution in [0.5, 0.6) is 11.5 Å². The van der Waals surface area contributed by atoms with Gasteiger partial charge in [0.2, 0.25) is 0 Å². The second kappa shape index (κ2) is 6.66. The van der Waals surface area contributed by atoms with Gasteiger partial charge in [0, 0.05) is 11.1 Å². The molecular weight excluding hydrogens is 334 g/mol. The minimum Gasteiger partial charge on any atom is -0.508 e. The highest BCUT2D eigenvalue weighted by Gasteiger charge is 2.21. The van der Waals surface area contributed by atoms with E-state index in [9.17, 15) is 5.11 Å². The van der Waals surface area contributed by atoms with E-state index < -0.39 is 0 Å². The van der Waals surface area contributed by atoms with Crippen molar-refractivity contribution in [3.05, 3.63) is 92.9 Å². The number of ether oxygens (including phenoxy) is 1. The van der Waals surface area contributed by atoms with Crippen molar-refractivity contribution in [3.8, 4) is 17.6 Å². The first-order valence-corrected chi connectivity index (χ1v) is 8.79. The lowest BCUT2D eigenvalue weighted by atomic mass is 9.82. The van der Waals surface area contributed by atoms with E-state index in [1.54, 1.807) is 13.2 Å². The van der Waals surface area contributed by atoms with Crippen LogP contribution in [0.15, 0.2) is 54.6 Å². The molecule has 0 aromatic heterocycles. The summed E-state index contributed by atoms with van der Waals surface area (Å²) in [6.07, 6.45) is 1.10. The third-order valence-electron chi connectivity index (χ3n) is 5.00. The maximum Gasteiger partial charge on any atom is 0.127 e. The second-order valence-electron chi connectivity index (χ2n) is 6.75. The van der Waals surface area contributed by atoms with Gasteiger partial charge in [-0.15, -0.1) is 0 Å². The van der Waals surface area contributed by atoms with Crippen molar-refractivity contribution in [1.82, 2.24) is 0 Å². The Morgan fingerprint density at radius 3 is 2.63 bits per heavy atom. The number of methoxy groups -OCH3 is 1. The second-order valence-corrected chi connectivity index (χ2v) is 6.75. The van der Waals surface area contributed by atoms with Crippen LogP contribution < -0.4 is 15.2 Å².